The van der Waals surface area contributed by atoms with E-state index in [0.29, 0.717) is 18.4 Å². The van der Waals surface area contributed by atoms with Crippen molar-refractivity contribution >= 4 is 11.4 Å². The van der Waals surface area contributed by atoms with Crippen molar-refractivity contribution in [3.05, 3.63) is 28.3 Å². The Bertz CT molecular complexity index is 567. The molecule has 24 heavy (non-hydrogen) atoms. The molecule has 0 unspecified atom stereocenters. The lowest BCUT2D eigenvalue weighted by molar-refractivity contribution is -0.385. The molecule has 2 aliphatic rings. The lowest BCUT2D eigenvalue weighted by atomic mass is 10.0. The number of piperazine rings is 1. The van der Waals surface area contributed by atoms with Crippen LogP contribution in [0.5, 0.6) is 5.75 Å². The summed E-state index contributed by atoms with van der Waals surface area (Å²) in [5.74, 6) is 0.365. The number of nitrogens with zero attached hydrogens (tertiary/aromatic N) is 3. The molecule has 0 radical (unpaired) electrons. The topological polar surface area (TPSA) is 70.9 Å². The fourth-order valence-corrected chi connectivity index (χ4v) is 3.66. The molecular formula is C17H26N4O3. The van der Waals surface area contributed by atoms with Crippen molar-refractivity contribution < 1.29 is 9.66 Å². The van der Waals surface area contributed by atoms with Crippen molar-refractivity contribution in [3.8, 4) is 5.75 Å². The van der Waals surface area contributed by atoms with Crippen molar-refractivity contribution in [3.63, 3.8) is 0 Å². The van der Waals surface area contributed by atoms with E-state index in [1.165, 1.54) is 0 Å². The molecule has 0 bridgehead atoms. The van der Waals surface area contributed by atoms with E-state index in [-0.39, 0.29) is 10.6 Å². The summed E-state index contributed by atoms with van der Waals surface area (Å²) in [6, 6.07) is 5.87. The first kappa shape index (κ1) is 17.0. The molecular weight excluding hydrogens is 308 g/mol. The SMILES string of the molecule is CCOc1cc(N2CCC(N3CCNCC3)CC2)ccc1[N+](=O)[O-]. The number of ether oxygens (including phenoxy) is 1. The average molecular weight is 334 g/mol. The number of piperidine rings is 1. The number of nitro groups is 1. The molecule has 1 aromatic carbocycles. The molecule has 0 amide bonds. The van der Waals surface area contributed by atoms with Crippen LogP contribution in [0.25, 0.3) is 0 Å². The van der Waals surface area contributed by atoms with Gasteiger partial charge in [0.25, 0.3) is 0 Å². The number of rotatable bonds is 5. The summed E-state index contributed by atoms with van der Waals surface area (Å²) in [5, 5.41) is 14.5. The maximum absolute atomic E-state index is 11.1. The zero-order chi connectivity index (χ0) is 16.9. The molecule has 0 spiro atoms. The molecule has 0 aromatic heterocycles. The van der Waals surface area contributed by atoms with Crippen LogP contribution in [-0.4, -0.2) is 61.7 Å². The second-order valence-electron chi connectivity index (χ2n) is 6.35. The van der Waals surface area contributed by atoms with Gasteiger partial charge in [0.1, 0.15) is 0 Å². The molecule has 7 nitrogen and oxygen atoms in total. The number of nitro benzene ring substituents is 1. The summed E-state index contributed by atoms with van der Waals surface area (Å²) in [6.07, 6.45) is 2.28. The maximum Gasteiger partial charge on any atom is 0.311 e. The Balaban J connectivity index is 1.65. The first-order valence-corrected chi connectivity index (χ1v) is 8.80. The van der Waals surface area contributed by atoms with Gasteiger partial charge < -0.3 is 15.0 Å². The van der Waals surface area contributed by atoms with E-state index >= 15 is 0 Å². The molecule has 132 valence electrons. The first-order valence-electron chi connectivity index (χ1n) is 8.80. The van der Waals surface area contributed by atoms with Crippen LogP contribution in [0.3, 0.4) is 0 Å². The lowest BCUT2D eigenvalue weighted by Gasteiger charge is -2.41. The molecule has 3 rings (SSSR count). The quantitative estimate of drug-likeness (QED) is 0.655. The molecule has 2 fully saturated rings. The Labute approximate surface area is 142 Å². The van der Waals surface area contributed by atoms with Gasteiger partial charge in [-0.2, -0.15) is 0 Å². The van der Waals surface area contributed by atoms with E-state index in [9.17, 15) is 10.1 Å². The molecule has 0 saturated carbocycles. The van der Waals surface area contributed by atoms with Gasteiger partial charge in [-0.1, -0.05) is 0 Å². The molecule has 2 heterocycles. The van der Waals surface area contributed by atoms with E-state index in [1.807, 2.05) is 19.1 Å². The minimum atomic E-state index is -0.384. The van der Waals surface area contributed by atoms with Crippen molar-refractivity contribution in [2.24, 2.45) is 0 Å². The van der Waals surface area contributed by atoms with Crippen molar-refractivity contribution in [1.82, 2.24) is 10.2 Å². The number of hydrogen-bond donors (Lipinski definition) is 1. The third-order valence-electron chi connectivity index (χ3n) is 4.94. The van der Waals surface area contributed by atoms with Gasteiger partial charge in [-0.15, -0.1) is 0 Å². The molecule has 1 aromatic rings. The molecule has 2 aliphatic heterocycles. The molecule has 0 atom stereocenters. The van der Waals surface area contributed by atoms with Gasteiger partial charge in [0.2, 0.25) is 0 Å². The Morgan fingerprint density at radius 3 is 2.58 bits per heavy atom. The van der Waals surface area contributed by atoms with Gasteiger partial charge >= 0.3 is 5.69 Å². The largest absolute Gasteiger partial charge is 0.487 e. The number of anilines is 1. The van der Waals surface area contributed by atoms with E-state index in [2.05, 4.69) is 15.1 Å². The molecule has 7 heteroatoms. The monoisotopic (exact) mass is 334 g/mol. The first-order chi connectivity index (χ1) is 11.7. The smallest absolute Gasteiger partial charge is 0.311 e. The fraction of sp³-hybridized carbons (Fsp3) is 0.647. The van der Waals surface area contributed by atoms with E-state index < -0.39 is 0 Å². The summed E-state index contributed by atoms with van der Waals surface area (Å²) in [7, 11) is 0. The van der Waals surface area contributed by atoms with E-state index in [4.69, 9.17) is 4.74 Å². The van der Waals surface area contributed by atoms with Crippen LogP contribution in [0.2, 0.25) is 0 Å². The highest BCUT2D eigenvalue weighted by Crippen LogP contribution is 2.33. The molecule has 0 aliphatic carbocycles. The van der Waals surface area contributed by atoms with Crippen molar-refractivity contribution in [1.29, 1.82) is 0 Å². The summed E-state index contributed by atoms with van der Waals surface area (Å²) in [4.78, 5) is 15.6. The Kier molecular flexibility index (Phi) is 5.52. The number of hydrogen-bond acceptors (Lipinski definition) is 6. The zero-order valence-electron chi connectivity index (χ0n) is 14.2. The number of nitrogens with one attached hydrogen (secondary N) is 1. The normalized spacial score (nSPS) is 20.1. The van der Waals surface area contributed by atoms with Crippen LogP contribution in [0.15, 0.2) is 18.2 Å². The van der Waals surface area contributed by atoms with Gasteiger partial charge in [0.15, 0.2) is 5.75 Å². The maximum atomic E-state index is 11.1. The predicted molar refractivity (Wildman–Crippen MR) is 93.9 cm³/mol. The standard InChI is InChI=1S/C17H26N4O3/c1-2-24-17-13-15(3-4-16(17)21(22)23)19-9-5-14(6-10-19)20-11-7-18-8-12-20/h3-4,13-14,18H,2,5-12H2,1H3. The summed E-state index contributed by atoms with van der Waals surface area (Å²) >= 11 is 0. The number of benzene rings is 1. The Hall–Kier alpha value is -1.86. The summed E-state index contributed by atoms with van der Waals surface area (Å²) in [6.45, 7) is 8.68. The minimum absolute atomic E-state index is 0.0382. The van der Waals surface area contributed by atoms with Crippen LogP contribution in [-0.2, 0) is 0 Å². The minimum Gasteiger partial charge on any atom is -0.487 e. The van der Waals surface area contributed by atoms with Crippen LogP contribution in [0, 0.1) is 10.1 Å². The fourth-order valence-electron chi connectivity index (χ4n) is 3.66. The van der Waals surface area contributed by atoms with Gasteiger partial charge in [-0.25, -0.2) is 0 Å². The van der Waals surface area contributed by atoms with Crippen molar-refractivity contribution in [2.75, 3.05) is 50.8 Å². The highest BCUT2D eigenvalue weighted by molar-refractivity contribution is 5.59. The second-order valence-corrected chi connectivity index (χ2v) is 6.35. The van der Waals surface area contributed by atoms with Gasteiger partial charge in [-0.3, -0.25) is 15.0 Å². The summed E-state index contributed by atoms with van der Waals surface area (Å²) < 4.78 is 5.46. The van der Waals surface area contributed by atoms with E-state index in [1.54, 1.807) is 6.07 Å². The molecule has 1 N–H and O–H groups in total. The van der Waals surface area contributed by atoms with Crippen molar-refractivity contribution in [2.45, 2.75) is 25.8 Å². The van der Waals surface area contributed by atoms with E-state index in [0.717, 1.165) is 57.8 Å². The highest BCUT2D eigenvalue weighted by Gasteiger charge is 2.26. The second kappa shape index (κ2) is 7.81. The Morgan fingerprint density at radius 1 is 1.25 bits per heavy atom. The highest BCUT2D eigenvalue weighted by atomic mass is 16.6. The zero-order valence-corrected chi connectivity index (χ0v) is 14.2. The van der Waals surface area contributed by atoms with Gasteiger partial charge in [0, 0.05) is 63.1 Å². The van der Waals surface area contributed by atoms with Gasteiger partial charge in [-0.05, 0) is 25.8 Å². The molecule has 2 saturated heterocycles. The lowest BCUT2D eigenvalue weighted by Crippen LogP contribution is -2.52. The third kappa shape index (κ3) is 3.79. The van der Waals surface area contributed by atoms with Crippen LogP contribution in [0.1, 0.15) is 19.8 Å². The predicted octanol–water partition coefficient (Wildman–Crippen LogP) is 1.87. The van der Waals surface area contributed by atoms with Crippen LogP contribution in [0.4, 0.5) is 11.4 Å². The average Bonchev–Trinajstić information content (AvgIpc) is 2.63. The Morgan fingerprint density at radius 2 is 1.96 bits per heavy atom. The summed E-state index contributed by atoms with van der Waals surface area (Å²) in [5.41, 5.74) is 1.05. The van der Waals surface area contributed by atoms with Crippen LogP contribution < -0.4 is 15.0 Å². The van der Waals surface area contributed by atoms with Gasteiger partial charge in [0.05, 0.1) is 11.5 Å². The third-order valence-corrected chi connectivity index (χ3v) is 4.94. The van der Waals surface area contributed by atoms with Crippen LogP contribution >= 0.6 is 0 Å².